The molecule has 10 heteroatoms. The number of carboxylic acids is 1. The van der Waals surface area contributed by atoms with Gasteiger partial charge in [-0.3, -0.25) is 23.7 Å². The molecule has 31 heavy (non-hydrogen) atoms. The molecule has 3 N–H and O–H groups in total. The van der Waals surface area contributed by atoms with Crippen LogP contribution in [0.25, 0.3) is 0 Å². The molecule has 0 saturated carbocycles. The maximum absolute atomic E-state index is 12.6. The summed E-state index contributed by atoms with van der Waals surface area (Å²) in [5.74, 6) is -1.84. The summed E-state index contributed by atoms with van der Waals surface area (Å²) in [5, 5.41) is 22.6. The predicted molar refractivity (Wildman–Crippen MR) is 113 cm³/mol. The number of carbonyl (C=O) groups is 3. The van der Waals surface area contributed by atoms with Gasteiger partial charge >= 0.3 is 5.97 Å². The molecule has 0 saturated heterocycles. The van der Waals surface area contributed by atoms with Gasteiger partial charge in [0, 0.05) is 25.5 Å². The second kappa shape index (κ2) is 10.2. The molecule has 0 unspecified atom stereocenters. The first-order chi connectivity index (χ1) is 15.0. The maximum atomic E-state index is 12.6. The van der Waals surface area contributed by atoms with Crippen molar-refractivity contribution in [2.45, 2.75) is 32.9 Å². The van der Waals surface area contributed by atoms with Crippen molar-refractivity contribution >= 4 is 23.5 Å². The maximum Gasteiger partial charge on any atom is 0.305 e. The number of aliphatic carboxylic acids is 1. The SMILES string of the molecule is CCn1cc(NC(=O)c2ccn(CCC(=O)O)n2)c(C(=O)NCCc2ccccc2)n1. The van der Waals surface area contributed by atoms with Gasteiger partial charge in [0.05, 0.1) is 18.7 Å². The van der Waals surface area contributed by atoms with Crippen molar-refractivity contribution in [3.8, 4) is 0 Å². The lowest BCUT2D eigenvalue weighted by atomic mass is 10.1. The van der Waals surface area contributed by atoms with Gasteiger partial charge < -0.3 is 15.7 Å². The number of nitrogens with zero attached hydrogens (tertiary/aromatic N) is 4. The van der Waals surface area contributed by atoms with Crippen LogP contribution in [-0.4, -0.2) is 49.0 Å². The number of anilines is 1. The summed E-state index contributed by atoms with van der Waals surface area (Å²) in [4.78, 5) is 35.9. The van der Waals surface area contributed by atoms with E-state index in [1.807, 2.05) is 37.3 Å². The molecule has 0 atom stereocenters. The van der Waals surface area contributed by atoms with Crippen LogP contribution in [-0.2, 0) is 24.3 Å². The minimum absolute atomic E-state index is 0.0979. The van der Waals surface area contributed by atoms with Crippen molar-refractivity contribution in [3.63, 3.8) is 0 Å². The molecule has 2 amide bonds. The lowest BCUT2D eigenvalue weighted by Crippen LogP contribution is -2.27. The Kier molecular flexibility index (Phi) is 7.15. The lowest BCUT2D eigenvalue weighted by molar-refractivity contribution is -0.137. The van der Waals surface area contributed by atoms with Gasteiger partial charge in [-0.2, -0.15) is 10.2 Å². The Bertz CT molecular complexity index is 1060. The molecule has 0 spiro atoms. The van der Waals surface area contributed by atoms with Crippen molar-refractivity contribution in [2.24, 2.45) is 0 Å². The lowest BCUT2D eigenvalue weighted by Gasteiger charge is -2.06. The zero-order valence-electron chi connectivity index (χ0n) is 17.1. The highest BCUT2D eigenvalue weighted by atomic mass is 16.4. The summed E-state index contributed by atoms with van der Waals surface area (Å²) in [5.41, 5.74) is 1.62. The van der Waals surface area contributed by atoms with Crippen molar-refractivity contribution in [1.82, 2.24) is 24.9 Å². The van der Waals surface area contributed by atoms with E-state index >= 15 is 0 Å². The van der Waals surface area contributed by atoms with Gasteiger partial charge in [-0.25, -0.2) is 0 Å². The van der Waals surface area contributed by atoms with Crippen LogP contribution in [0.2, 0.25) is 0 Å². The van der Waals surface area contributed by atoms with Crippen LogP contribution in [0.5, 0.6) is 0 Å². The Morgan fingerprint density at radius 1 is 1.03 bits per heavy atom. The van der Waals surface area contributed by atoms with E-state index in [1.54, 1.807) is 10.9 Å². The van der Waals surface area contributed by atoms with Gasteiger partial charge in [0.2, 0.25) is 0 Å². The number of carbonyl (C=O) groups excluding carboxylic acids is 2. The molecule has 3 aromatic rings. The Labute approximate surface area is 178 Å². The fraction of sp³-hybridized carbons (Fsp3) is 0.286. The van der Waals surface area contributed by atoms with Crippen molar-refractivity contribution in [3.05, 3.63) is 65.7 Å². The highest BCUT2D eigenvalue weighted by Crippen LogP contribution is 2.15. The van der Waals surface area contributed by atoms with Crippen LogP contribution in [0.15, 0.2) is 48.8 Å². The number of nitrogens with one attached hydrogen (secondary N) is 2. The molecule has 0 aliphatic rings. The van der Waals surface area contributed by atoms with Gasteiger partial charge in [0.1, 0.15) is 0 Å². The van der Waals surface area contributed by atoms with E-state index in [0.29, 0.717) is 19.5 Å². The normalized spacial score (nSPS) is 10.6. The van der Waals surface area contributed by atoms with E-state index in [2.05, 4.69) is 20.8 Å². The van der Waals surface area contributed by atoms with Gasteiger partial charge in [-0.15, -0.1) is 0 Å². The minimum Gasteiger partial charge on any atom is -0.481 e. The highest BCUT2D eigenvalue weighted by molar-refractivity contribution is 6.07. The first-order valence-corrected chi connectivity index (χ1v) is 9.92. The summed E-state index contributed by atoms with van der Waals surface area (Å²) in [6.45, 7) is 3.00. The van der Waals surface area contributed by atoms with E-state index in [9.17, 15) is 14.4 Å². The summed E-state index contributed by atoms with van der Waals surface area (Å²) in [6.07, 6.45) is 3.70. The topological polar surface area (TPSA) is 131 Å². The highest BCUT2D eigenvalue weighted by Gasteiger charge is 2.20. The molecular weight excluding hydrogens is 400 g/mol. The Morgan fingerprint density at radius 2 is 1.81 bits per heavy atom. The zero-order chi connectivity index (χ0) is 22.2. The van der Waals surface area contributed by atoms with E-state index in [1.165, 1.54) is 16.9 Å². The largest absolute Gasteiger partial charge is 0.481 e. The number of benzene rings is 1. The Hall–Kier alpha value is -3.95. The molecule has 0 radical (unpaired) electrons. The molecule has 3 rings (SSSR count). The summed E-state index contributed by atoms with van der Waals surface area (Å²) < 4.78 is 2.95. The number of rotatable bonds is 10. The van der Waals surface area contributed by atoms with E-state index < -0.39 is 11.9 Å². The standard InChI is InChI=1S/C21H24N6O4/c1-2-26-14-17(23-20(30)16-9-12-27(24-16)13-10-18(28)29)19(25-26)21(31)22-11-8-15-6-4-3-5-7-15/h3-7,9,12,14H,2,8,10-11,13H2,1H3,(H,22,31)(H,23,30)(H,28,29). The van der Waals surface area contributed by atoms with Crippen LogP contribution >= 0.6 is 0 Å². The van der Waals surface area contributed by atoms with Gasteiger partial charge in [0.15, 0.2) is 11.4 Å². The fourth-order valence-electron chi connectivity index (χ4n) is 2.90. The monoisotopic (exact) mass is 424 g/mol. The molecule has 162 valence electrons. The van der Waals surface area contributed by atoms with E-state index in [-0.39, 0.29) is 35.9 Å². The first-order valence-electron chi connectivity index (χ1n) is 9.92. The molecule has 1 aromatic carbocycles. The molecule has 0 aliphatic heterocycles. The molecule has 2 aromatic heterocycles. The first kappa shape index (κ1) is 21.8. The summed E-state index contributed by atoms with van der Waals surface area (Å²) in [6, 6.07) is 11.3. The molecular formula is C21H24N6O4. The number of hydrogen-bond donors (Lipinski definition) is 3. The molecule has 10 nitrogen and oxygen atoms in total. The zero-order valence-corrected chi connectivity index (χ0v) is 17.1. The molecule has 0 fully saturated rings. The quantitative estimate of drug-likeness (QED) is 0.455. The van der Waals surface area contributed by atoms with Gasteiger partial charge in [-0.05, 0) is 25.0 Å². The Morgan fingerprint density at radius 3 is 2.52 bits per heavy atom. The number of aryl methyl sites for hydroxylation is 2. The van der Waals surface area contributed by atoms with Gasteiger partial charge in [0.25, 0.3) is 11.8 Å². The van der Waals surface area contributed by atoms with E-state index in [0.717, 1.165) is 5.56 Å². The second-order valence-corrected chi connectivity index (χ2v) is 6.80. The average molecular weight is 424 g/mol. The van der Waals surface area contributed by atoms with Crippen molar-refractivity contribution in [2.75, 3.05) is 11.9 Å². The summed E-state index contributed by atoms with van der Waals surface area (Å²) >= 11 is 0. The number of hydrogen-bond acceptors (Lipinski definition) is 5. The van der Waals surface area contributed by atoms with Gasteiger partial charge in [-0.1, -0.05) is 30.3 Å². The minimum atomic E-state index is -0.948. The number of amides is 2. The van der Waals surface area contributed by atoms with Crippen LogP contribution in [0.1, 0.15) is 39.9 Å². The fourth-order valence-corrected chi connectivity index (χ4v) is 2.90. The smallest absolute Gasteiger partial charge is 0.305 e. The van der Waals surface area contributed by atoms with Crippen molar-refractivity contribution < 1.29 is 19.5 Å². The van der Waals surface area contributed by atoms with Crippen LogP contribution in [0, 0.1) is 0 Å². The molecule has 0 bridgehead atoms. The van der Waals surface area contributed by atoms with E-state index in [4.69, 9.17) is 5.11 Å². The molecule has 2 heterocycles. The van der Waals surface area contributed by atoms with Crippen LogP contribution < -0.4 is 10.6 Å². The second-order valence-electron chi connectivity index (χ2n) is 6.80. The third-order valence-corrected chi connectivity index (χ3v) is 4.52. The Balaban J connectivity index is 1.64. The molecule has 0 aliphatic carbocycles. The number of carboxylic acid groups (broad SMARTS) is 1. The summed E-state index contributed by atoms with van der Waals surface area (Å²) in [7, 11) is 0. The third-order valence-electron chi connectivity index (χ3n) is 4.52. The van der Waals surface area contributed by atoms with Crippen LogP contribution in [0.3, 0.4) is 0 Å². The number of aromatic nitrogens is 4. The van der Waals surface area contributed by atoms with Crippen LogP contribution in [0.4, 0.5) is 5.69 Å². The third kappa shape index (κ3) is 6.01. The predicted octanol–water partition coefficient (Wildman–Crippen LogP) is 1.80. The average Bonchev–Trinajstić information content (AvgIpc) is 3.40. The van der Waals surface area contributed by atoms with Crippen molar-refractivity contribution in [1.29, 1.82) is 0 Å².